The molecule has 0 radical (unpaired) electrons. The first-order chi connectivity index (χ1) is 7.22. The molecule has 0 saturated heterocycles. The average molecular weight is 241 g/mol. The van der Waals surface area contributed by atoms with Gasteiger partial charge in [0.2, 0.25) is 0 Å². The summed E-state index contributed by atoms with van der Waals surface area (Å²) in [5, 5.41) is 0.943. The number of hydrogen-bond acceptors (Lipinski definition) is 2. The maximum atomic E-state index is 10.5. The number of imidazole rings is 1. The summed E-state index contributed by atoms with van der Waals surface area (Å²) in [5.74, 6) is 0. The highest BCUT2D eigenvalue weighted by Crippen LogP contribution is 2.20. The Morgan fingerprint density at radius 2 is 1.87 bits per heavy atom. The van der Waals surface area contributed by atoms with Gasteiger partial charge in [-0.25, -0.2) is 4.98 Å². The average Bonchev–Trinajstić information content (AvgIpc) is 2.61. The standard InChI is InChI=1S/C10H6Cl2N2O/c11-7-1-3-8(4-2-7)14-6-13-9(5-15)10(14)12/h1-6H. The molecule has 0 aliphatic rings. The largest absolute Gasteiger partial charge is 0.296 e. The predicted molar refractivity (Wildman–Crippen MR) is 59.0 cm³/mol. The lowest BCUT2D eigenvalue weighted by Crippen LogP contribution is -1.91. The van der Waals surface area contributed by atoms with Gasteiger partial charge in [-0.3, -0.25) is 9.36 Å². The summed E-state index contributed by atoms with van der Waals surface area (Å²) in [6.07, 6.45) is 2.12. The van der Waals surface area contributed by atoms with Crippen LogP contribution in [-0.2, 0) is 0 Å². The molecule has 1 heterocycles. The zero-order valence-corrected chi connectivity index (χ0v) is 9.03. The van der Waals surface area contributed by atoms with Crippen molar-refractivity contribution in [3.63, 3.8) is 0 Å². The maximum absolute atomic E-state index is 10.5. The van der Waals surface area contributed by atoms with Gasteiger partial charge in [0.1, 0.15) is 17.2 Å². The Hall–Kier alpha value is -1.32. The van der Waals surface area contributed by atoms with E-state index >= 15 is 0 Å². The van der Waals surface area contributed by atoms with Crippen molar-refractivity contribution in [2.24, 2.45) is 0 Å². The van der Waals surface area contributed by atoms with Crippen LogP contribution < -0.4 is 0 Å². The molecule has 1 aromatic carbocycles. The molecule has 0 aliphatic heterocycles. The van der Waals surface area contributed by atoms with Gasteiger partial charge in [-0.1, -0.05) is 23.2 Å². The highest BCUT2D eigenvalue weighted by molar-refractivity contribution is 6.32. The number of carbonyl (C=O) groups is 1. The monoisotopic (exact) mass is 240 g/mol. The van der Waals surface area contributed by atoms with Crippen LogP contribution in [0.2, 0.25) is 10.2 Å². The first kappa shape index (κ1) is 10.2. The summed E-state index contributed by atoms with van der Waals surface area (Å²) in [6.45, 7) is 0. The Kier molecular flexibility index (Phi) is 2.75. The van der Waals surface area contributed by atoms with E-state index in [1.807, 2.05) is 0 Å². The van der Waals surface area contributed by atoms with E-state index in [2.05, 4.69) is 4.98 Å². The Balaban J connectivity index is 2.49. The molecule has 2 aromatic rings. The predicted octanol–water partition coefficient (Wildman–Crippen LogP) is 2.99. The third-order valence-corrected chi connectivity index (χ3v) is 2.58. The van der Waals surface area contributed by atoms with Crippen molar-refractivity contribution in [3.05, 3.63) is 46.5 Å². The molecule has 15 heavy (non-hydrogen) atoms. The molecule has 0 unspecified atom stereocenters. The molecular weight excluding hydrogens is 235 g/mol. The second-order valence-corrected chi connectivity index (χ2v) is 3.68. The molecule has 0 amide bonds. The third-order valence-electron chi connectivity index (χ3n) is 1.95. The lowest BCUT2D eigenvalue weighted by atomic mass is 10.3. The van der Waals surface area contributed by atoms with Gasteiger partial charge >= 0.3 is 0 Å². The molecule has 1 aromatic heterocycles. The second-order valence-electron chi connectivity index (χ2n) is 2.88. The number of halogens is 2. The lowest BCUT2D eigenvalue weighted by molar-refractivity contribution is 0.111. The van der Waals surface area contributed by atoms with E-state index in [1.54, 1.807) is 28.8 Å². The van der Waals surface area contributed by atoms with E-state index < -0.39 is 0 Å². The van der Waals surface area contributed by atoms with E-state index in [4.69, 9.17) is 23.2 Å². The highest BCUT2D eigenvalue weighted by Gasteiger charge is 2.08. The molecule has 5 heteroatoms. The molecule has 0 saturated carbocycles. The number of carbonyl (C=O) groups excluding carboxylic acids is 1. The highest BCUT2D eigenvalue weighted by atomic mass is 35.5. The van der Waals surface area contributed by atoms with E-state index in [0.29, 0.717) is 16.5 Å². The van der Waals surface area contributed by atoms with Crippen LogP contribution in [0.5, 0.6) is 0 Å². The van der Waals surface area contributed by atoms with Crippen molar-refractivity contribution in [1.82, 2.24) is 9.55 Å². The van der Waals surface area contributed by atoms with Gasteiger partial charge in [-0.05, 0) is 24.3 Å². The SMILES string of the molecule is O=Cc1ncn(-c2ccc(Cl)cc2)c1Cl. The van der Waals surface area contributed by atoms with Crippen molar-refractivity contribution in [3.8, 4) is 5.69 Å². The Labute approximate surface area is 96.3 Å². The summed E-state index contributed by atoms with van der Waals surface area (Å²) in [7, 11) is 0. The summed E-state index contributed by atoms with van der Waals surface area (Å²) in [4.78, 5) is 14.4. The molecule has 0 atom stereocenters. The minimum absolute atomic E-state index is 0.228. The van der Waals surface area contributed by atoms with E-state index in [1.165, 1.54) is 6.33 Å². The molecule has 0 bridgehead atoms. The quantitative estimate of drug-likeness (QED) is 0.757. The summed E-state index contributed by atoms with van der Waals surface area (Å²) in [5.41, 5.74) is 1.04. The van der Waals surface area contributed by atoms with Gasteiger partial charge in [0.25, 0.3) is 0 Å². The van der Waals surface area contributed by atoms with Gasteiger partial charge < -0.3 is 0 Å². The van der Waals surface area contributed by atoms with Crippen LogP contribution in [0.3, 0.4) is 0 Å². The topological polar surface area (TPSA) is 34.9 Å². The molecule has 0 fully saturated rings. The Morgan fingerprint density at radius 3 is 2.40 bits per heavy atom. The van der Waals surface area contributed by atoms with Gasteiger partial charge in [-0.2, -0.15) is 0 Å². The zero-order chi connectivity index (χ0) is 10.8. The van der Waals surface area contributed by atoms with Gasteiger partial charge in [-0.15, -0.1) is 0 Å². The smallest absolute Gasteiger partial charge is 0.171 e. The van der Waals surface area contributed by atoms with E-state index in [-0.39, 0.29) is 5.69 Å². The fourth-order valence-electron chi connectivity index (χ4n) is 1.21. The molecule has 3 nitrogen and oxygen atoms in total. The van der Waals surface area contributed by atoms with E-state index in [0.717, 1.165) is 5.69 Å². The molecule has 0 aliphatic carbocycles. The molecular formula is C10H6Cl2N2O. The van der Waals surface area contributed by atoms with Gasteiger partial charge in [0, 0.05) is 10.7 Å². The van der Waals surface area contributed by atoms with Crippen LogP contribution in [0, 0.1) is 0 Å². The number of rotatable bonds is 2. The van der Waals surface area contributed by atoms with Crippen LogP contribution in [-0.4, -0.2) is 15.8 Å². The minimum atomic E-state index is 0.228. The fourth-order valence-corrected chi connectivity index (χ4v) is 1.57. The van der Waals surface area contributed by atoms with Crippen LogP contribution in [0.1, 0.15) is 10.5 Å². The number of benzene rings is 1. The number of aromatic nitrogens is 2. The van der Waals surface area contributed by atoms with Crippen molar-refractivity contribution in [2.45, 2.75) is 0 Å². The Morgan fingerprint density at radius 1 is 1.20 bits per heavy atom. The van der Waals surface area contributed by atoms with Crippen molar-refractivity contribution < 1.29 is 4.79 Å². The molecule has 2 rings (SSSR count). The normalized spacial score (nSPS) is 10.3. The second kappa shape index (κ2) is 4.04. The van der Waals surface area contributed by atoms with Crippen LogP contribution >= 0.6 is 23.2 Å². The summed E-state index contributed by atoms with van der Waals surface area (Å²) in [6, 6.07) is 7.08. The fraction of sp³-hybridized carbons (Fsp3) is 0. The zero-order valence-electron chi connectivity index (χ0n) is 7.52. The number of aldehydes is 1. The van der Waals surface area contributed by atoms with Crippen LogP contribution in [0.4, 0.5) is 0 Å². The third kappa shape index (κ3) is 1.89. The van der Waals surface area contributed by atoms with E-state index in [9.17, 15) is 4.79 Å². The van der Waals surface area contributed by atoms with Crippen LogP contribution in [0.25, 0.3) is 5.69 Å². The molecule has 0 N–H and O–H groups in total. The van der Waals surface area contributed by atoms with Crippen molar-refractivity contribution >= 4 is 29.5 Å². The molecule has 0 spiro atoms. The van der Waals surface area contributed by atoms with Gasteiger partial charge in [0.15, 0.2) is 6.29 Å². The number of hydrogen-bond donors (Lipinski definition) is 0. The summed E-state index contributed by atoms with van der Waals surface area (Å²) < 4.78 is 1.61. The number of nitrogens with zero attached hydrogens (tertiary/aromatic N) is 2. The van der Waals surface area contributed by atoms with Gasteiger partial charge in [0.05, 0.1) is 0 Å². The molecule has 76 valence electrons. The minimum Gasteiger partial charge on any atom is -0.296 e. The first-order valence-electron chi connectivity index (χ1n) is 4.16. The summed E-state index contributed by atoms with van der Waals surface area (Å²) >= 11 is 11.7. The lowest BCUT2D eigenvalue weighted by Gasteiger charge is -2.03. The van der Waals surface area contributed by atoms with Crippen LogP contribution in [0.15, 0.2) is 30.6 Å². The Bertz CT molecular complexity index is 491. The first-order valence-corrected chi connectivity index (χ1v) is 4.92. The van der Waals surface area contributed by atoms with Crippen molar-refractivity contribution in [2.75, 3.05) is 0 Å². The maximum Gasteiger partial charge on any atom is 0.171 e. The van der Waals surface area contributed by atoms with Crippen molar-refractivity contribution in [1.29, 1.82) is 0 Å².